The molecule has 1 aromatic rings. The maximum absolute atomic E-state index is 12.0. The van der Waals surface area contributed by atoms with Crippen molar-refractivity contribution >= 4 is 27.8 Å². The van der Waals surface area contributed by atoms with Crippen LogP contribution in [0.5, 0.6) is 0 Å². The number of alkyl halides is 1. The fourth-order valence-corrected chi connectivity index (χ4v) is 3.33. The van der Waals surface area contributed by atoms with Crippen LogP contribution in [0.3, 0.4) is 0 Å². The molecular weight excluding hydrogens is 394 g/mol. The maximum Gasteiger partial charge on any atom is 0.326 e. The number of carbonyl (C=O) groups is 2. The first-order valence-corrected chi connectivity index (χ1v) is 10.9. The normalized spacial score (nSPS) is 11.9. The number of carboxylic acid groups (broad SMARTS) is 1. The second-order valence-corrected chi connectivity index (χ2v) is 7.56. The van der Waals surface area contributed by atoms with Gasteiger partial charge in [-0.05, 0) is 18.4 Å². The Kier molecular flexibility index (Phi) is 12.9. The second-order valence-electron chi connectivity index (χ2n) is 6.77. The first kappa shape index (κ1) is 22.7. The number of benzene rings is 1. The van der Waals surface area contributed by atoms with Crippen molar-refractivity contribution in [1.82, 2.24) is 5.32 Å². The first-order chi connectivity index (χ1) is 12.6. The van der Waals surface area contributed by atoms with Crippen LogP contribution in [0.15, 0.2) is 30.3 Å². The second kappa shape index (κ2) is 14.8. The molecule has 0 saturated heterocycles. The zero-order valence-corrected chi connectivity index (χ0v) is 17.2. The smallest absolute Gasteiger partial charge is 0.326 e. The van der Waals surface area contributed by atoms with Crippen LogP contribution in [0, 0.1) is 0 Å². The van der Waals surface area contributed by atoms with Gasteiger partial charge >= 0.3 is 5.97 Å². The number of rotatable bonds is 15. The third-order valence-electron chi connectivity index (χ3n) is 4.45. The summed E-state index contributed by atoms with van der Waals surface area (Å²) < 4.78 is 0. The van der Waals surface area contributed by atoms with E-state index in [9.17, 15) is 14.7 Å². The molecule has 26 heavy (non-hydrogen) atoms. The Balaban J connectivity index is 2.11. The lowest BCUT2D eigenvalue weighted by molar-refractivity contribution is -0.141. The van der Waals surface area contributed by atoms with Gasteiger partial charge in [-0.2, -0.15) is 0 Å². The number of carboxylic acids is 1. The van der Waals surface area contributed by atoms with Crippen LogP contribution >= 0.6 is 15.9 Å². The highest BCUT2D eigenvalue weighted by molar-refractivity contribution is 9.09. The quantitative estimate of drug-likeness (QED) is 0.303. The Labute approximate surface area is 165 Å². The van der Waals surface area contributed by atoms with Crippen LogP contribution < -0.4 is 5.32 Å². The lowest BCUT2D eigenvalue weighted by atomic mass is 10.0. The highest BCUT2D eigenvalue weighted by atomic mass is 79.9. The van der Waals surface area contributed by atoms with Crippen molar-refractivity contribution in [3.63, 3.8) is 0 Å². The summed E-state index contributed by atoms with van der Waals surface area (Å²) in [5, 5.41) is 13.1. The average molecular weight is 426 g/mol. The maximum atomic E-state index is 12.0. The molecule has 5 heteroatoms. The van der Waals surface area contributed by atoms with E-state index in [1.54, 1.807) is 0 Å². The minimum absolute atomic E-state index is 0.164. The summed E-state index contributed by atoms with van der Waals surface area (Å²) in [6, 6.07) is 8.53. The average Bonchev–Trinajstić information content (AvgIpc) is 2.63. The summed E-state index contributed by atoms with van der Waals surface area (Å²) in [7, 11) is 0. The van der Waals surface area contributed by atoms with E-state index in [1.807, 2.05) is 30.3 Å². The van der Waals surface area contributed by atoms with Crippen molar-refractivity contribution < 1.29 is 14.7 Å². The van der Waals surface area contributed by atoms with Gasteiger partial charge in [-0.25, -0.2) is 4.79 Å². The summed E-state index contributed by atoms with van der Waals surface area (Å²) in [4.78, 5) is 23.4. The third kappa shape index (κ3) is 11.3. The SMILES string of the molecule is O=C(CCCCCCCCCCCBr)N[C@@H](Cc1ccccc1)C(=O)O. The van der Waals surface area contributed by atoms with Gasteiger partial charge in [0.05, 0.1) is 0 Å². The van der Waals surface area contributed by atoms with Crippen LogP contribution in [0.25, 0.3) is 0 Å². The molecule has 2 N–H and O–H groups in total. The van der Waals surface area contributed by atoms with Crippen molar-refractivity contribution in [2.24, 2.45) is 0 Å². The molecule has 0 bridgehead atoms. The van der Waals surface area contributed by atoms with Gasteiger partial charge in [0.2, 0.25) is 5.91 Å². The van der Waals surface area contributed by atoms with E-state index < -0.39 is 12.0 Å². The predicted molar refractivity (Wildman–Crippen MR) is 110 cm³/mol. The standard InChI is InChI=1S/C21H32BrNO3/c22-16-12-7-5-3-1-2-4-6-11-15-20(24)23-19(21(25)26)17-18-13-9-8-10-14-18/h8-10,13-14,19H,1-7,11-12,15-17H2,(H,23,24)(H,25,26)/t19-/m0/s1. The van der Waals surface area contributed by atoms with E-state index in [-0.39, 0.29) is 5.91 Å². The molecular formula is C21H32BrNO3. The van der Waals surface area contributed by atoms with Crippen LogP contribution in [0.4, 0.5) is 0 Å². The highest BCUT2D eigenvalue weighted by Crippen LogP contribution is 2.11. The van der Waals surface area contributed by atoms with Crippen molar-refractivity contribution in [3.05, 3.63) is 35.9 Å². The number of unbranched alkanes of at least 4 members (excludes halogenated alkanes) is 8. The molecule has 0 aliphatic rings. The number of hydrogen-bond acceptors (Lipinski definition) is 2. The van der Waals surface area contributed by atoms with Gasteiger partial charge in [-0.3, -0.25) is 4.79 Å². The molecule has 1 amide bonds. The summed E-state index contributed by atoms with van der Waals surface area (Å²) in [5.41, 5.74) is 0.913. The first-order valence-electron chi connectivity index (χ1n) is 9.75. The minimum Gasteiger partial charge on any atom is -0.480 e. The molecule has 0 aliphatic heterocycles. The Hall–Kier alpha value is -1.36. The Morgan fingerprint density at radius 2 is 1.42 bits per heavy atom. The van der Waals surface area contributed by atoms with Crippen molar-refractivity contribution in [3.8, 4) is 0 Å². The lowest BCUT2D eigenvalue weighted by Gasteiger charge is -2.14. The fourth-order valence-electron chi connectivity index (χ4n) is 2.93. The molecule has 0 radical (unpaired) electrons. The number of aliphatic carboxylic acids is 1. The van der Waals surface area contributed by atoms with Gasteiger partial charge in [0, 0.05) is 18.2 Å². The number of amides is 1. The molecule has 0 spiro atoms. The largest absolute Gasteiger partial charge is 0.480 e. The third-order valence-corrected chi connectivity index (χ3v) is 5.01. The summed E-state index contributed by atoms with van der Waals surface area (Å²) >= 11 is 3.45. The Morgan fingerprint density at radius 3 is 1.96 bits per heavy atom. The topological polar surface area (TPSA) is 66.4 Å². The molecule has 1 rings (SSSR count). The zero-order chi connectivity index (χ0) is 19.0. The van der Waals surface area contributed by atoms with Gasteiger partial charge in [0.15, 0.2) is 0 Å². The Morgan fingerprint density at radius 1 is 0.885 bits per heavy atom. The molecule has 146 valence electrons. The van der Waals surface area contributed by atoms with Gasteiger partial charge in [-0.1, -0.05) is 91.2 Å². The van der Waals surface area contributed by atoms with Crippen LogP contribution in [0.1, 0.15) is 69.8 Å². The Bertz CT molecular complexity index is 507. The summed E-state index contributed by atoms with van der Waals surface area (Å²) in [6.07, 6.45) is 11.4. The van der Waals surface area contributed by atoms with E-state index in [1.165, 1.54) is 38.5 Å². The lowest BCUT2D eigenvalue weighted by Crippen LogP contribution is -2.42. The van der Waals surface area contributed by atoms with Gasteiger partial charge < -0.3 is 10.4 Å². The molecule has 4 nitrogen and oxygen atoms in total. The minimum atomic E-state index is -0.984. The number of carbonyl (C=O) groups excluding carboxylic acids is 1. The van der Waals surface area contributed by atoms with Crippen molar-refractivity contribution in [1.29, 1.82) is 0 Å². The molecule has 1 atom stereocenters. The monoisotopic (exact) mass is 425 g/mol. The molecule has 0 aliphatic carbocycles. The molecule has 0 aromatic heterocycles. The highest BCUT2D eigenvalue weighted by Gasteiger charge is 2.19. The summed E-state index contributed by atoms with van der Waals surface area (Å²) in [5.74, 6) is -1.15. The zero-order valence-electron chi connectivity index (χ0n) is 15.6. The van der Waals surface area contributed by atoms with Crippen LogP contribution in [-0.4, -0.2) is 28.4 Å². The van der Waals surface area contributed by atoms with E-state index in [2.05, 4.69) is 21.2 Å². The molecule has 0 fully saturated rings. The van der Waals surface area contributed by atoms with E-state index in [0.717, 1.165) is 30.2 Å². The number of nitrogens with one attached hydrogen (secondary N) is 1. The number of hydrogen-bond donors (Lipinski definition) is 2. The molecule has 0 unspecified atom stereocenters. The van der Waals surface area contributed by atoms with Crippen molar-refractivity contribution in [2.45, 2.75) is 76.7 Å². The van der Waals surface area contributed by atoms with Crippen LogP contribution in [0.2, 0.25) is 0 Å². The van der Waals surface area contributed by atoms with E-state index >= 15 is 0 Å². The molecule has 0 saturated carbocycles. The van der Waals surface area contributed by atoms with Gasteiger partial charge in [0.25, 0.3) is 0 Å². The van der Waals surface area contributed by atoms with E-state index in [0.29, 0.717) is 12.8 Å². The fraction of sp³-hybridized carbons (Fsp3) is 0.619. The van der Waals surface area contributed by atoms with Crippen LogP contribution in [-0.2, 0) is 16.0 Å². The predicted octanol–water partition coefficient (Wildman–Crippen LogP) is 5.09. The number of halogens is 1. The van der Waals surface area contributed by atoms with Gasteiger partial charge in [-0.15, -0.1) is 0 Å². The molecule has 1 aromatic carbocycles. The van der Waals surface area contributed by atoms with Gasteiger partial charge in [0.1, 0.15) is 6.04 Å². The molecule has 0 heterocycles. The van der Waals surface area contributed by atoms with Crippen molar-refractivity contribution in [2.75, 3.05) is 5.33 Å². The van der Waals surface area contributed by atoms with E-state index in [4.69, 9.17) is 0 Å². The summed E-state index contributed by atoms with van der Waals surface area (Å²) in [6.45, 7) is 0.